The molecule has 0 aliphatic carbocycles. The molecule has 84 valence electrons. The molecular formula is C11H12N2O3. The lowest BCUT2D eigenvalue weighted by atomic mass is 10.0. The van der Waals surface area contributed by atoms with E-state index in [1.165, 1.54) is 20.3 Å². The third-order valence-corrected chi connectivity index (χ3v) is 2.17. The number of nitrogens with two attached hydrogens (primary N) is 1. The minimum atomic E-state index is -0.545. The fraction of sp³-hybridized carbons (Fsp3) is 0.273. The monoisotopic (exact) mass is 220 g/mol. The van der Waals surface area contributed by atoms with Crippen molar-refractivity contribution in [3.8, 4) is 11.8 Å². The SMILES string of the molecule is COC(=O)c1cc(C#N)c(CN)cc1OC. The molecule has 0 aliphatic heterocycles. The van der Waals surface area contributed by atoms with E-state index >= 15 is 0 Å². The van der Waals surface area contributed by atoms with Gasteiger partial charge in [-0.05, 0) is 17.7 Å². The maximum atomic E-state index is 11.4. The predicted molar refractivity (Wildman–Crippen MR) is 56.9 cm³/mol. The standard InChI is InChI=1S/C11H12N2O3/c1-15-10-4-8(6-13)7(5-12)3-9(10)11(14)16-2/h3-4H,6,13H2,1-2H3. The van der Waals surface area contributed by atoms with Crippen molar-refractivity contribution in [1.29, 1.82) is 5.26 Å². The summed E-state index contributed by atoms with van der Waals surface area (Å²) in [7, 11) is 2.71. The number of nitriles is 1. The topological polar surface area (TPSA) is 85.3 Å². The summed E-state index contributed by atoms with van der Waals surface area (Å²) in [4.78, 5) is 11.4. The lowest BCUT2D eigenvalue weighted by Gasteiger charge is -2.09. The molecule has 16 heavy (non-hydrogen) atoms. The van der Waals surface area contributed by atoms with Crippen LogP contribution >= 0.6 is 0 Å². The molecule has 0 aliphatic rings. The van der Waals surface area contributed by atoms with Crippen molar-refractivity contribution in [3.63, 3.8) is 0 Å². The molecule has 0 radical (unpaired) electrons. The minimum Gasteiger partial charge on any atom is -0.496 e. The Hall–Kier alpha value is -2.06. The molecule has 0 bridgehead atoms. The molecule has 0 aromatic heterocycles. The van der Waals surface area contributed by atoms with Crippen molar-refractivity contribution in [2.75, 3.05) is 14.2 Å². The summed E-state index contributed by atoms with van der Waals surface area (Å²) >= 11 is 0. The van der Waals surface area contributed by atoms with Gasteiger partial charge >= 0.3 is 5.97 Å². The Morgan fingerprint density at radius 1 is 1.50 bits per heavy atom. The summed E-state index contributed by atoms with van der Waals surface area (Å²) in [6.45, 7) is 0.209. The number of hydrogen-bond donors (Lipinski definition) is 1. The summed E-state index contributed by atoms with van der Waals surface area (Å²) < 4.78 is 9.64. The van der Waals surface area contributed by atoms with Gasteiger partial charge in [-0.3, -0.25) is 0 Å². The lowest BCUT2D eigenvalue weighted by molar-refractivity contribution is 0.0597. The molecule has 0 unspecified atom stereocenters. The van der Waals surface area contributed by atoms with Crippen molar-refractivity contribution in [2.24, 2.45) is 5.73 Å². The zero-order valence-electron chi connectivity index (χ0n) is 9.11. The highest BCUT2D eigenvalue weighted by Gasteiger charge is 2.16. The van der Waals surface area contributed by atoms with Crippen LogP contribution in [0.3, 0.4) is 0 Å². The molecule has 2 N–H and O–H groups in total. The summed E-state index contributed by atoms with van der Waals surface area (Å²) in [6, 6.07) is 4.97. The number of rotatable bonds is 3. The maximum Gasteiger partial charge on any atom is 0.341 e. The maximum absolute atomic E-state index is 11.4. The van der Waals surface area contributed by atoms with Gasteiger partial charge in [0.15, 0.2) is 0 Å². The highest BCUT2D eigenvalue weighted by Crippen LogP contribution is 2.24. The Labute approximate surface area is 93.4 Å². The van der Waals surface area contributed by atoms with Crippen LogP contribution in [0.5, 0.6) is 5.75 Å². The van der Waals surface area contributed by atoms with E-state index in [9.17, 15) is 4.79 Å². The lowest BCUT2D eigenvalue weighted by Crippen LogP contribution is -2.08. The van der Waals surface area contributed by atoms with Crippen LogP contribution in [0, 0.1) is 11.3 Å². The molecule has 1 rings (SSSR count). The van der Waals surface area contributed by atoms with E-state index in [1.54, 1.807) is 6.07 Å². The van der Waals surface area contributed by atoms with Crippen LogP contribution in [0.1, 0.15) is 21.5 Å². The second kappa shape index (κ2) is 5.14. The number of esters is 1. The van der Waals surface area contributed by atoms with Gasteiger partial charge in [0.05, 0.1) is 25.9 Å². The van der Waals surface area contributed by atoms with Gasteiger partial charge in [-0.25, -0.2) is 4.79 Å². The second-order valence-corrected chi connectivity index (χ2v) is 3.02. The minimum absolute atomic E-state index is 0.209. The van der Waals surface area contributed by atoms with Gasteiger partial charge in [0.2, 0.25) is 0 Å². The van der Waals surface area contributed by atoms with Crippen molar-refractivity contribution < 1.29 is 14.3 Å². The zero-order valence-corrected chi connectivity index (χ0v) is 9.11. The van der Waals surface area contributed by atoms with Crippen molar-refractivity contribution in [3.05, 3.63) is 28.8 Å². The summed E-state index contributed by atoms with van der Waals surface area (Å²) in [5, 5.41) is 8.89. The Bertz CT molecular complexity index is 449. The van der Waals surface area contributed by atoms with Gasteiger partial charge in [0.1, 0.15) is 11.3 Å². The molecule has 5 nitrogen and oxygen atoms in total. The average Bonchev–Trinajstić information content (AvgIpc) is 2.35. The van der Waals surface area contributed by atoms with Crippen LogP contribution in [0.15, 0.2) is 12.1 Å². The van der Waals surface area contributed by atoms with Crippen LogP contribution in [-0.4, -0.2) is 20.2 Å². The second-order valence-electron chi connectivity index (χ2n) is 3.02. The number of nitrogens with zero attached hydrogens (tertiary/aromatic N) is 1. The molecule has 0 saturated carbocycles. The number of hydrogen-bond acceptors (Lipinski definition) is 5. The van der Waals surface area contributed by atoms with E-state index in [4.69, 9.17) is 15.7 Å². The van der Waals surface area contributed by atoms with Gasteiger partial charge in [-0.2, -0.15) is 5.26 Å². The van der Waals surface area contributed by atoms with E-state index in [0.717, 1.165) is 0 Å². The third kappa shape index (κ3) is 2.12. The van der Waals surface area contributed by atoms with E-state index in [2.05, 4.69) is 4.74 Å². The van der Waals surface area contributed by atoms with Crippen LogP contribution in [0.25, 0.3) is 0 Å². The molecule has 0 spiro atoms. The van der Waals surface area contributed by atoms with Crippen LogP contribution < -0.4 is 10.5 Å². The van der Waals surface area contributed by atoms with Gasteiger partial charge in [-0.15, -0.1) is 0 Å². The van der Waals surface area contributed by atoms with Crippen LogP contribution in [-0.2, 0) is 11.3 Å². The summed E-state index contributed by atoms with van der Waals surface area (Å²) in [5.41, 5.74) is 6.69. The quantitative estimate of drug-likeness (QED) is 0.762. The molecule has 5 heteroatoms. The fourth-order valence-electron chi connectivity index (χ4n) is 1.33. The Morgan fingerprint density at radius 2 is 2.19 bits per heavy atom. The number of carbonyl (C=O) groups excluding carboxylic acids is 1. The van der Waals surface area contributed by atoms with E-state index in [1.807, 2.05) is 6.07 Å². The number of benzene rings is 1. The largest absolute Gasteiger partial charge is 0.496 e. The number of ether oxygens (including phenoxy) is 2. The van der Waals surface area contributed by atoms with Crippen molar-refractivity contribution in [1.82, 2.24) is 0 Å². The van der Waals surface area contributed by atoms with Gasteiger partial charge in [0, 0.05) is 6.54 Å². The predicted octanol–water partition coefficient (Wildman–Crippen LogP) is 0.812. The van der Waals surface area contributed by atoms with Gasteiger partial charge in [0.25, 0.3) is 0 Å². The highest BCUT2D eigenvalue weighted by molar-refractivity contribution is 5.93. The summed E-state index contributed by atoms with van der Waals surface area (Å²) in [6.07, 6.45) is 0. The van der Waals surface area contributed by atoms with E-state index < -0.39 is 5.97 Å². The van der Waals surface area contributed by atoms with Gasteiger partial charge < -0.3 is 15.2 Å². The molecule has 0 atom stereocenters. The van der Waals surface area contributed by atoms with Crippen LogP contribution in [0.4, 0.5) is 0 Å². The Morgan fingerprint density at radius 3 is 2.62 bits per heavy atom. The van der Waals surface area contributed by atoms with Crippen LogP contribution in [0.2, 0.25) is 0 Å². The first-order valence-corrected chi connectivity index (χ1v) is 4.57. The smallest absolute Gasteiger partial charge is 0.341 e. The molecule has 0 amide bonds. The molecule has 0 heterocycles. The third-order valence-electron chi connectivity index (χ3n) is 2.17. The van der Waals surface area contributed by atoms with Crippen molar-refractivity contribution in [2.45, 2.75) is 6.54 Å². The first-order valence-electron chi connectivity index (χ1n) is 4.57. The highest BCUT2D eigenvalue weighted by atomic mass is 16.5. The zero-order chi connectivity index (χ0) is 12.1. The first-order chi connectivity index (χ1) is 7.67. The molecular weight excluding hydrogens is 208 g/mol. The Balaban J connectivity index is 3.38. The number of methoxy groups -OCH3 is 2. The molecule has 0 saturated heterocycles. The fourth-order valence-corrected chi connectivity index (χ4v) is 1.33. The molecule has 1 aromatic carbocycles. The Kier molecular flexibility index (Phi) is 3.86. The normalized spacial score (nSPS) is 9.38. The van der Waals surface area contributed by atoms with E-state index in [0.29, 0.717) is 16.9 Å². The molecule has 0 fully saturated rings. The average molecular weight is 220 g/mol. The number of carbonyl (C=O) groups is 1. The van der Waals surface area contributed by atoms with Gasteiger partial charge in [-0.1, -0.05) is 0 Å². The van der Waals surface area contributed by atoms with E-state index in [-0.39, 0.29) is 12.1 Å². The first kappa shape index (κ1) is 12.0. The molecule has 1 aromatic rings. The summed E-state index contributed by atoms with van der Waals surface area (Å²) in [5.74, 6) is -0.191. The van der Waals surface area contributed by atoms with Crippen molar-refractivity contribution >= 4 is 5.97 Å².